The van der Waals surface area contributed by atoms with Gasteiger partial charge in [0.2, 0.25) is 11.8 Å². The molecule has 1 aromatic heterocycles. The van der Waals surface area contributed by atoms with Crippen LogP contribution in [-0.2, 0) is 16.6 Å². The van der Waals surface area contributed by atoms with Crippen molar-refractivity contribution in [3.8, 4) is 0 Å². The maximum Gasteiger partial charge on any atom is 0.248 e. The smallest absolute Gasteiger partial charge is 0.248 e. The van der Waals surface area contributed by atoms with Gasteiger partial charge in [-0.3, -0.25) is 4.79 Å². The van der Waals surface area contributed by atoms with Gasteiger partial charge in [0.25, 0.3) is 0 Å². The number of thiazole rings is 1. The Balaban J connectivity index is 0.00000194. The summed E-state index contributed by atoms with van der Waals surface area (Å²) in [6, 6.07) is 7.19. The average Bonchev–Trinajstić information content (AvgIpc) is 3.47. The lowest BCUT2D eigenvalue weighted by Crippen LogP contribution is -3.00. The minimum absolute atomic E-state index is 0. The summed E-state index contributed by atoms with van der Waals surface area (Å²) in [5, 5.41) is 5.72. The first kappa shape index (κ1) is 32.5. The Morgan fingerprint density at radius 2 is 1.85 bits per heavy atom. The molecule has 1 saturated carbocycles. The number of carbonyl (C=O) groups excluding carboxylic acids is 1. The zero-order valence-corrected chi connectivity index (χ0v) is 26.1. The van der Waals surface area contributed by atoms with E-state index in [1.807, 2.05) is 12.1 Å². The molecule has 5 atom stereocenters. The highest BCUT2D eigenvalue weighted by molar-refractivity contribution is 7.11. The van der Waals surface area contributed by atoms with Crippen LogP contribution in [0.1, 0.15) is 72.5 Å². The highest BCUT2D eigenvalue weighted by Gasteiger charge is 2.58. The van der Waals surface area contributed by atoms with Crippen molar-refractivity contribution < 1.29 is 53.4 Å². The first-order valence-corrected chi connectivity index (χ1v) is 15.5. The fraction of sp³-hybridized carbons (Fsp3) is 0.667. The molecule has 41 heavy (non-hydrogen) atoms. The van der Waals surface area contributed by atoms with E-state index in [0.717, 1.165) is 36.8 Å². The lowest BCUT2D eigenvalue weighted by atomic mass is 9.72. The minimum Gasteiger partial charge on any atom is -1.00 e. The van der Waals surface area contributed by atoms with Crippen LogP contribution in [0.5, 0.6) is 0 Å². The third kappa shape index (κ3) is 6.17. The largest absolute Gasteiger partial charge is 1.00 e. The molecule has 2 aromatic rings. The van der Waals surface area contributed by atoms with Gasteiger partial charge in [0.15, 0.2) is 0 Å². The molecule has 11 heteroatoms. The molecule has 5 nitrogen and oxygen atoms in total. The minimum atomic E-state index is -2.62. The second kappa shape index (κ2) is 12.7. The predicted molar refractivity (Wildman–Crippen MR) is 144 cm³/mol. The van der Waals surface area contributed by atoms with E-state index in [9.17, 15) is 18.0 Å². The van der Waals surface area contributed by atoms with E-state index in [0.29, 0.717) is 43.8 Å². The van der Waals surface area contributed by atoms with Crippen molar-refractivity contribution >= 4 is 17.2 Å². The number of halogens is 5. The van der Waals surface area contributed by atoms with E-state index in [1.54, 1.807) is 17.4 Å². The summed E-state index contributed by atoms with van der Waals surface area (Å²) < 4.78 is 43.1. The van der Waals surface area contributed by atoms with Gasteiger partial charge < -0.3 is 40.3 Å². The number of carbonyl (C=O) groups is 1. The number of nitrogens with two attached hydrogens (primary N) is 2. The maximum atomic E-state index is 14.8. The van der Waals surface area contributed by atoms with Crippen molar-refractivity contribution in [2.75, 3.05) is 26.2 Å². The summed E-state index contributed by atoms with van der Waals surface area (Å²) in [5.74, 6) is -2.83. The molecule has 0 bridgehead atoms. The molecule has 0 unspecified atom stereocenters. The third-order valence-electron chi connectivity index (χ3n) is 10.1. The van der Waals surface area contributed by atoms with Gasteiger partial charge in [-0.1, -0.05) is 18.2 Å². The average molecular weight is 634 g/mol. The fourth-order valence-corrected chi connectivity index (χ4v) is 9.24. The van der Waals surface area contributed by atoms with Crippen LogP contribution in [0.15, 0.2) is 24.3 Å². The number of aromatic nitrogens is 1. The molecule has 6 rings (SSSR count). The van der Waals surface area contributed by atoms with Crippen molar-refractivity contribution in [1.29, 1.82) is 0 Å². The van der Waals surface area contributed by atoms with E-state index in [1.165, 1.54) is 10.9 Å². The highest BCUT2D eigenvalue weighted by atomic mass is 35.5. The van der Waals surface area contributed by atoms with E-state index in [4.69, 9.17) is 4.98 Å². The van der Waals surface area contributed by atoms with Gasteiger partial charge in [-0.05, 0) is 63.0 Å². The number of hydrogen-bond acceptors (Lipinski definition) is 3. The lowest BCUT2D eigenvalue weighted by molar-refractivity contribution is -0.697. The Hall–Kier alpha value is -1.39. The standard InChI is InChI=1S/C30H39F3N4OS.2ClH/c1-18-13-25-27(39-19(2)36-25)29(17-35-18)16-34-15-23(29)28(38)37-12-9-21(22-5-3-4-6-24(22)31)14-26(37)20-7-10-30(32,33)11-8-20;;/h3-6,18,20-21,23,26,34-35H,7-17H2,1-2H3;2*1H/t18-,21-,23+,26+,29+;;/m1../s1. The summed E-state index contributed by atoms with van der Waals surface area (Å²) in [5.41, 5.74) is 1.57. The summed E-state index contributed by atoms with van der Waals surface area (Å²) >= 11 is 1.75. The van der Waals surface area contributed by atoms with Crippen LogP contribution in [0.25, 0.3) is 0 Å². The van der Waals surface area contributed by atoms with Crippen LogP contribution in [0.2, 0.25) is 0 Å². The van der Waals surface area contributed by atoms with Crippen LogP contribution in [0.3, 0.4) is 0 Å². The lowest BCUT2D eigenvalue weighted by Gasteiger charge is -2.47. The highest BCUT2D eigenvalue weighted by Crippen LogP contribution is 2.46. The van der Waals surface area contributed by atoms with Gasteiger partial charge in [0.05, 0.1) is 36.4 Å². The van der Waals surface area contributed by atoms with Gasteiger partial charge >= 0.3 is 0 Å². The number of hydrogen-bond donors (Lipinski definition) is 2. The molecule has 2 saturated heterocycles. The molecule has 4 aliphatic rings. The Morgan fingerprint density at radius 3 is 2.59 bits per heavy atom. The number of amides is 1. The van der Waals surface area contributed by atoms with Crippen molar-refractivity contribution in [2.24, 2.45) is 11.8 Å². The Kier molecular flexibility index (Phi) is 10.1. The molecule has 4 heterocycles. The van der Waals surface area contributed by atoms with E-state index in [2.05, 4.69) is 29.4 Å². The zero-order valence-electron chi connectivity index (χ0n) is 23.7. The SMILES string of the molecule is Cc1nc2c(s1)[C@@]1(C[NH2+]C[C@H]1C(=O)N1CC[C@@H](c3ccccc3F)C[C@H]1C1CCC(F)(F)CC1)C[NH2+][C@H](C)C2.[Cl-].[Cl-]. The topological polar surface area (TPSA) is 66.4 Å². The van der Waals surface area contributed by atoms with E-state index >= 15 is 0 Å². The van der Waals surface area contributed by atoms with Crippen LogP contribution in [0, 0.1) is 24.6 Å². The zero-order chi connectivity index (χ0) is 27.4. The van der Waals surface area contributed by atoms with Gasteiger partial charge in [0.1, 0.15) is 17.2 Å². The number of likely N-dealkylation sites (tertiary alicyclic amines) is 1. The second-order valence-electron chi connectivity index (χ2n) is 12.6. The molecule has 4 N–H and O–H groups in total. The Labute approximate surface area is 257 Å². The van der Waals surface area contributed by atoms with Crippen molar-refractivity contribution in [2.45, 2.75) is 88.1 Å². The molecular formula is C30H41Cl2F3N4OS. The van der Waals surface area contributed by atoms with Gasteiger partial charge in [-0.15, -0.1) is 11.3 Å². The first-order valence-electron chi connectivity index (χ1n) is 14.7. The molecule has 228 valence electrons. The molecule has 1 aliphatic carbocycles. The molecule has 3 aliphatic heterocycles. The predicted octanol–water partition coefficient (Wildman–Crippen LogP) is -2.86. The monoisotopic (exact) mass is 632 g/mol. The normalized spacial score (nSPS) is 31.6. The summed E-state index contributed by atoms with van der Waals surface area (Å²) in [6.07, 6.45) is 2.82. The Bertz CT molecular complexity index is 1220. The number of rotatable bonds is 3. The van der Waals surface area contributed by atoms with Crippen molar-refractivity contribution in [3.63, 3.8) is 0 Å². The number of quaternary nitrogens is 2. The number of nitrogens with zero attached hydrogens (tertiary/aromatic N) is 2. The van der Waals surface area contributed by atoms with Crippen LogP contribution >= 0.6 is 11.3 Å². The molecule has 3 fully saturated rings. The van der Waals surface area contributed by atoms with Crippen molar-refractivity contribution in [3.05, 3.63) is 51.2 Å². The number of alkyl halides is 2. The molecule has 1 spiro atoms. The molecule has 1 aromatic carbocycles. The number of aryl methyl sites for hydroxylation is 1. The van der Waals surface area contributed by atoms with Gasteiger partial charge in [-0.25, -0.2) is 18.2 Å². The van der Waals surface area contributed by atoms with E-state index < -0.39 is 5.92 Å². The van der Waals surface area contributed by atoms with Gasteiger partial charge in [-0.2, -0.15) is 0 Å². The third-order valence-corrected chi connectivity index (χ3v) is 11.3. The van der Waals surface area contributed by atoms with Crippen LogP contribution in [0.4, 0.5) is 13.2 Å². The molecule has 1 amide bonds. The number of benzene rings is 1. The summed E-state index contributed by atoms with van der Waals surface area (Å²) in [6.45, 7) is 7.31. The van der Waals surface area contributed by atoms with Crippen molar-refractivity contribution in [1.82, 2.24) is 9.88 Å². The quantitative estimate of drug-likeness (QED) is 0.383. The molecular weight excluding hydrogens is 592 g/mol. The first-order chi connectivity index (χ1) is 18.7. The Morgan fingerprint density at radius 1 is 1.12 bits per heavy atom. The number of piperidine rings is 1. The van der Waals surface area contributed by atoms with Crippen LogP contribution < -0.4 is 35.4 Å². The van der Waals surface area contributed by atoms with E-state index in [-0.39, 0.29) is 78.6 Å². The maximum absolute atomic E-state index is 14.8. The summed E-state index contributed by atoms with van der Waals surface area (Å²) in [4.78, 5) is 22.9. The second-order valence-corrected chi connectivity index (χ2v) is 13.8. The van der Waals surface area contributed by atoms with Gasteiger partial charge in [0, 0.05) is 36.7 Å². The summed E-state index contributed by atoms with van der Waals surface area (Å²) in [7, 11) is 0. The molecule has 0 radical (unpaired) electrons. The number of fused-ring (bicyclic) bond motifs is 2. The van der Waals surface area contributed by atoms with Crippen LogP contribution in [-0.4, -0.2) is 60.0 Å². The fourth-order valence-electron chi connectivity index (χ4n) is 8.03.